The summed E-state index contributed by atoms with van der Waals surface area (Å²) < 4.78 is 9.87. The minimum Gasteiger partial charge on any atom is -0.423 e. The van der Waals surface area contributed by atoms with Gasteiger partial charge in [0.15, 0.2) is 0 Å². The first-order valence-electron chi connectivity index (χ1n) is 8.28. The number of para-hydroxylation sites is 2. The third kappa shape index (κ3) is 15.6. The fourth-order valence-corrected chi connectivity index (χ4v) is 1.37. The first-order chi connectivity index (χ1) is 12.8. The standard InChI is InChI=1S/2C10H10O2.C2H6O.2CH4/c2*1-8(2)10(11)12-9-6-4-3-5-7-9;1-2-3;;/h2*3-7H,1H2,2H3;3H,2H2,1H3;2*1H4. The summed E-state index contributed by atoms with van der Waals surface area (Å²) in [5.41, 5.74) is 0.803. The maximum atomic E-state index is 11.0. The van der Waals surface area contributed by atoms with Gasteiger partial charge in [-0.15, -0.1) is 0 Å². The number of rotatable bonds is 4. The van der Waals surface area contributed by atoms with Gasteiger partial charge in [0.1, 0.15) is 11.5 Å². The maximum absolute atomic E-state index is 11.0. The summed E-state index contributed by atoms with van der Waals surface area (Å²) in [5, 5.41) is 7.57. The molecule has 0 bridgehead atoms. The number of hydrogen-bond acceptors (Lipinski definition) is 5. The lowest BCUT2D eigenvalue weighted by Gasteiger charge is -2.01. The van der Waals surface area contributed by atoms with Crippen LogP contribution >= 0.6 is 0 Å². The summed E-state index contributed by atoms with van der Waals surface area (Å²) in [6.45, 7) is 12.1. The highest BCUT2D eigenvalue weighted by Gasteiger charge is 2.04. The molecule has 0 saturated heterocycles. The second-order valence-electron chi connectivity index (χ2n) is 5.28. The molecule has 0 spiro atoms. The molecule has 0 aromatic heterocycles. The van der Waals surface area contributed by atoms with E-state index in [0.717, 1.165) is 0 Å². The van der Waals surface area contributed by atoms with E-state index in [0.29, 0.717) is 22.6 Å². The lowest BCUT2D eigenvalue weighted by molar-refractivity contribution is -0.130. The molecule has 160 valence electrons. The van der Waals surface area contributed by atoms with E-state index in [4.69, 9.17) is 14.6 Å². The number of esters is 2. The Hall–Kier alpha value is -3.18. The van der Waals surface area contributed by atoms with E-state index in [1.165, 1.54) is 0 Å². The fraction of sp³-hybridized carbons (Fsp3) is 0.250. The Morgan fingerprint density at radius 3 is 1.21 bits per heavy atom. The van der Waals surface area contributed by atoms with Gasteiger partial charge in [0.05, 0.1) is 0 Å². The zero-order valence-electron chi connectivity index (χ0n) is 16.0. The minimum atomic E-state index is -0.388. The van der Waals surface area contributed by atoms with Crippen molar-refractivity contribution < 1.29 is 24.2 Å². The quantitative estimate of drug-likeness (QED) is 0.409. The van der Waals surface area contributed by atoms with Gasteiger partial charge in [-0.3, -0.25) is 0 Å². The van der Waals surface area contributed by atoms with Gasteiger partial charge >= 0.3 is 11.9 Å². The van der Waals surface area contributed by atoms with Crippen molar-refractivity contribution in [3.05, 3.63) is 85.0 Å². The molecular weight excluding hydrogens is 368 g/mol. The predicted octanol–water partition coefficient (Wildman–Crippen LogP) is 5.61. The number of carbonyl (C=O) groups is 2. The van der Waals surface area contributed by atoms with Crippen LogP contribution in [0.5, 0.6) is 11.5 Å². The van der Waals surface area contributed by atoms with Crippen molar-refractivity contribution in [3.63, 3.8) is 0 Å². The fourth-order valence-electron chi connectivity index (χ4n) is 1.37. The monoisotopic (exact) mass is 402 g/mol. The summed E-state index contributed by atoms with van der Waals surface area (Å²) in [6, 6.07) is 17.8. The lowest BCUT2D eigenvalue weighted by atomic mass is 10.3. The molecule has 0 amide bonds. The van der Waals surface area contributed by atoms with Crippen LogP contribution in [-0.2, 0) is 9.59 Å². The summed E-state index contributed by atoms with van der Waals surface area (Å²) in [4.78, 5) is 22.0. The van der Waals surface area contributed by atoms with Crippen LogP contribution in [0.15, 0.2) is 85.0 Å². The normalized spacial score (nSPS) is 8.14. The molecule has 5 heteroatoms. The molecule has 0 heterocycles. The number of carbonyl (C=O) groups excluding carboxylic acids is 2. The van der Waals surface area contributed by atoms with Crippen molar-refractivity contribution in [2.75, 3.05) is 6.61 Å². The van der Waals surface area contributed by atoms with Crippen molar-refractivity contribution in [3.8, 4) is 11.5 Å². The van der Waals surface area contributed by atoms with Crippen LogP contribution in [0.1, 0.15) is 35.6 Å². The Morgan fingerprint density at radius 1 is 0.759 bits per heavy atom. The van der Waals surface area contributed by atoms with Gasteiger partial charge in [-0.25, -0.2) is 9.59 Å². The molecular formula is C24H34O5. The third-order valence-electron chi connectivity index (χ3n) is 2.60. The number of aliphatic hydroxyl groups excluding tert-OH is 1. The molecule has 1 N–H and O–H groups in total. The highest BCUT2D eigenvalue weighted by atomic mass is 16.5. The number of hydrogen-bond donors (Lipinski definition) is 1. The maximum Gasteiger partial charge on any atom is 0.338 e. The van der Waals surface area contributed by atoms with Gasteiger partial charge in [0.25, 0.3) is 0 Å². The molecule has 0 aliphatic heterocycles. The Morgan fingerprint density at radius 2 is 1.00 bits per heavy atom. The molecule has 0 unspecified atom stereocenters. The van der Waals surface area contributed by atoms with Gasteiger partial charge in [-0.2, -0.15) is 0 Å². The van der Waals surface area contributed by atoms with E-state index in [1.807, 2.05) is 12.1 Å². The summed E-state index contributed by atoms with van der Waals surface area (Å²) in [6.07, 6.45) is 0. The predicted molar refractivity (Wildman–Crippen MR) is 120 cm³/mol. The van der Waals surface area contributed by atoms with Gasteiger partial charge in [0.2, 0.25) is 0 Å². The van der Waals surface area contributed by atoms with Crippen molar-refractivity contribution in [1.82, 2.24) is 0 Å². The largest absolute Gasteiger partial charge is 0.423 e. The Balaban J connectivity index is -0.000000387. The molecule has 29 heavy (non-hydrogen) atoms. The van der Waals surface area contributed by atoms with Crippen LogP contribution in [0, 0.1) is 0 Å². The van der Waals surface area contributed by atoms with E-state index < -0.39 is 0 Å². The molecule has 0 aliphatic carbocycles. The Labute approximate surface area is 175 Å². The van der Waals surface area contributed by atoms with E-state index in [9.17, 15) is 9.59 Å². The smallest absolute Gasteiger partial charge is 0.338 e. The average Bonchev–Trinajstić information content (AvgIpc) is 2.64. The number of benzene rings is 2. The zero-order chi connectivity index (χ0) is 20.7. The van der Waals surface area contributed by atoms with Crippen LogP contribution in [0.2, 0.25) is 0 Å². The second-order valence-corrected chi connectivity index (χ2v) is 5.28. The molecule has 0 aliphatic rings. The van der Waals surface area contributed by atoms with E-state index in [2.05, 4.69) is 13.2 Å². The lowest BCUT2D eigenvalue weighted by Crippen LogP contribution is -2.07. The topological polar surface area (TPSA) is 72.8 Å². The van der Waals surface area contributed by atoms with Gasteiger partial charge in [0, 0.05) is 17.8 Å². The van der Waals surface area contributed by atoms with Crippen molar-refractivity contribution >= 4 is 11.9 Å². The third-order valence-corrected chi connectivity index (χ3v) is 2.60. The van der Waals surface area contributed by atoms with Gasteiger partial charge < -0.3 is 14.6 Å². The van der Waals surface area contributed by atoms with Crippen LogP contribution in [0.3, 0.4) is 0 Å². The van der Waals surface area contributed by atoms with Crippen LogP contribution in [0.25, 0.3) is 0 Å². The molecule has 0 fully saturated rings. The van der Waals surface area contributed by atoms with E-state index in [-0.39, 0.29) is 33.4 Å². The molecule has 0 atom stereocenters. The summed E-state index contributed by atoms with van der Waals surface area (Å²) >= 11 is 0. The van der Waals surface area contributed by atoms with Crippen molar-refractivity contribution in [2.24, 2.45) is 0 Å². The SMILES string of the molecule is C.C.C=C(C)C(=O)Oc1ccccc1.C=C(C)C(=O)Oc1ccccc1.CCO. The molecule has 0 radical (unpaired) electrons. The number of aliphatic hydroxyl groups is 1. The average molecular weight is 403 g/mol. The Kier molecular flexibility index (Phi) is 19.2. The Bertz CT molecular complexity index is 658. The zero-order valence-corrected chi connectivity index (χ0v) is 16.0. The van der Waals surface area contributed by atoms with Gasteiger partial charge in [-0.05, 0) is 45.0 Å². The van der Waals surface area contributed by atoms with Crippen LogP contribution in [0.4, 0.5) is 0 Å². The highest BCUT2D eigenvalue weighted by molar-refractivity contribution is 5.89. The van der Waals surface area contributed by atoms with E-state index in [1.54, 1.807) is 69.3 Å². The summed E-state index contributed by atoms with van der Waals surface area (Å²) in [7, 11) is 0. The van der Waals surface area contributed by atoms with E-state index >= 15 is 0 Å². The van der Waals surface area contributed by atoms with Crippen LogP contribution < -0.4 is 9.47 Å². The first-order valence-corrected chi connectivity index (χ1v) is 8.28. The molecule has 2 aromatic carbocycles. The first kappa shape index (κ1) is 30.5. The molecule has 0 saturated carbocycles. The van der Waals surface area contributed by atoms with Crippen LogP contribution in [-0.4, -0.2) is 23.7 Å². The number of ether oxygens (including phenoxy) is 2. The molecule has 5 nitrogen and oxygen atoms in total. The highest BCUT2D eigenvalue weighted by Crippen LogP contribution is 2.10. The van der Waals surface area contributed by atoms with Crippen molar-refractivity contribution in [2.45, 2.75) is 35.6 Å². The molecule has 2 rings (SSSR count). The minimum absolute atomic E-state index is 0. The van der Waals surface area contributed by atoms with Gasteiger partial charge in [-0.1, -0.05) is 64.4 Å². The summed E-state index contributed by atoms with van der Waals surface area (Å²) in [5.74, 6) is 0.318. The molecule has 2 aromatic rings. The van der Waals surface area contributed by atoms with Crippen molar-refractivity contribution in [1.29, 1.82) is 0 Å². The second kappa shape index (κ2) is 18.2.